The van der Waals surface area contributed by atoms with E-state index in [1.54, 1.807) is 26.3 Å². The van der Waals surface area contributed by atoms with Crippen molar-refractivity contribution < 1.29 is 37.3 Å². The van der Waals surface area contributed by atoms with Gasteiger partial charge in [-0.15, -0.1) is 0 Å². The average molecular weight is 675 g/mol. The molecule has 2 aromatic rings. The summed E-state index contributed by atoms with van der Waals surface area (Å²) in [5, 5.41) is 5.29. The van der Waals surface area contributed by atoms with Crippen molar-refractivity contribution in [2.75, 3.05) is 64.2 Å². The van der Waals surface area contributed by atoms with Crippen LogP contribution < -0.4 is 15.4 Å². The number of amides is 2. The second-order valence-corrected chi connectivity index (χ2v) is 12.5. The van der Waals surface area contributed by atoms with Crippen LogP contribution in [0.15, 0.2) is 95.1 Å². The third-order valence-electron chi connectivity index (χ3n) is 9.22. The van der Waals surface area contributed by atoms with Crippen LogP contribution in [-0.4, -0.2) is 76.0 Å². The maximum absolute atomic E-state index is 15.3. The first-order chi connectivity index (χ1) is 23.7. The van der Waals surface area contributed by atoms with Crippen molar-refractivity contribution in [2.24, 2.45) is 22.2 Å². The van der Waals surface area contributed by atoms with Gasteiger partial charge in [0.05, 0.1) is 32.6 Å². The molecule has 0 aromatic heterocycles. The molecule has 4 aliphatic rings. The molecule has 6 rings (SSSR count). The maximum Gasteiger partial charge on any atom is 0.240 e. The highest BCUT2D eigenvalue weighted by Crippen LogP contribution is 2.47. The van der Waals surface area contributed by atoms with Gasteiger partial charge in [-0.3, -0.25) is 19.5 Å². The number of ether oxygens (including phenoxy) is 4. The topological polar surface area (TPSA) is 111 Å². The van der Waals surface area contributed by atoms with Crippen molar-refractivity contribution >= 4 is 28.9 Å². The van der Waals surface area contributed by atoms with Gasteiger partial charge < -0.3 is 29.6 Å². The van der Waals surface area contributed by atoms with E-state index in [1.807, 2.05) is 0 Å². The van der Waals surface area contributed by atoms with Crippen LogP contribution in [0, 0.1) is 28.9 Å². The smallest absolute Gasteiger partial charge is 0.240 e. The van der Waals surface area contributed by atoms with Gasteiger partial charge in [0.1, 0.15) is 17.0 Å². The fourth-order valence-electron chi connectivity index (χ4n) is 5.96. The Hall–Kier alpha value is -4.81. The van der Waals surface area contributed by atoms with Gasteiger partial charge in [-0.2, -0.15) is 0 Å². The van der Waals surface area contributed by atoms with Crippen LogP contribution in [0.3, 0.4) is 0 Å². The molecule has 2 aromatic carbocycles. The lowest BCUT2D eigenvalue weighted by atomic mass is 10.0. The van der Waals surface area contributed by atoms with Crippen LogP contribution in [0.4, 0.5) is 20.2 Å². The molecule has 3 aliphatic carbocycles. The summed E-state index contributed by atoms with van der Waals surface area (Å²) in [6, 6.07) is 9.24. The zero-order valence-corrected chi connectivity index (χ0v) is 27.6. The SMILES string of the molecule is C=C/C(Oc1ccc(NC(=O)C2(C(=O)Nc3ccc(F)cc3)CC2)cc1F)=C1/C=C(OC)C(OC[C@H]2C[C@@H]2CN2CCOCC2)=CC1=NC. The molecule has 1 heterocycles. The van der Waals surface area contributed by atoms with Gasteiger partial charge in [-0.1, -0.05) is 6.58 Å². The zero-order valence-electron chi connectivity index (χ0n) is 27.6. The fraction of sp³-hybridized carbons (Fsp3) is 0.378. The average Bonchev–Trinajstić information content (AvgIpc) is 4.05. The molecule has 1 saturated heterocycles. The van der Waals surface area contributed by atoms with E-state index in [0.717, 1.165) is 45.3 Å². The molecule has 0 unspecified atom stereocenters. The Morgan fingerprint density at radius 2 is 1.71 bits per heavy atom. The van der Waals surface area contributed by atoms with Crippen LogP contribution in [-0.2, 0) is 23.8 Å². The number of aliphatic imine (C=N–C) groups is 1. The first-order valence-electron chi connectivity index (χ1n) is 16.3. The molecule has 10 nitrogen and oxygen atoms in total. The van der Waals surface area contributed by atoms with Gasteiger partial charge in [0.2, 0.25) is 11.8 Å². The summed E-state index contributed by atoms with van der Waals surface area (Å²) < 4.78 is 51.8. The number of allylic oxidation sites excluding steroid dienone is 4. The summed E-state index contributed by atoms with van der Waals surface area (Å²) in [6.07, 6.45) is 6.74. The number of carbonyl (C=O) groups excluding carboxylic acids is 2. The molecule has 2 saturated carbocycles. The number of nitrogens with zero attached hydrogens (tertiary/aromatic N) is 2. The summed E-state index contributed by atoms with van der Waals surface area (Å²) in [4.78, 5) is 32.8. The number of rotatable bonds is 13. The molecule has 2 atom stereocenters. The monoisotopic (exact) mass is 674 g/mol. The number of hydrogen-bond donors (Lipinski definition) is 2. The number of carbonyl (C=O) groups is 2. The summed E-state index contributed by atoms with van der Waals surface area (Å²) in [5.41, 5.74) is 0.313. The number of nitrogens with one attached hydrogen (secondary N) is 2. The molecular formula is C37H40F2N4O6. The standard InChI is InChI=1S/C37H40F2N4O6/c1-4-31(28-19-33(46-3)34(20-30(28)40-2)48-22-24-17-23(24)21-43-13-15-47-16-14-43)49-32-10-9-27(18-29(32)39)42-36(45)37(11-12-37)35(44)41-26-7-5-25(38)6-8-26/h4-10,18-20,23-24H,1,11-17,21-22H2,2-3H3,(H,41,44)(H,42,45)/b31-28+,40-30?/t23-,24-/m1/s1. The van der Waals surface area contributed by atoms with Gasteiger partial charge in [0.25, 0.3) is 0 Å². The van der Waals surface area contributed by atoms with E-state index in [2.05, 4.69) is 27.1 Å². The highest BCUT2D eigenvalue weighted by Gasteiger charge is 2.56. The van der Waals surface area contributed by atoms with Crippen molar-refractivity contribution in [1.29, 1.82) is 0 Å². The lowest BCUT2D eigenvalue weighted by Gasteiger charge is -2.26. The van der Waals surface area contributed by atoms with E-state index in [0.29, 0.717) is 59.8 Å². The summed E-state index contributed by atoms with van der Waals surface area (Å²) >= 11 is 0. The molecule has 12 heteroatoms. The Morgan fingerprint density at radius 3 is 2.35 bits per heavy atom. The number of benzene rings is 2. The molecule has 49 heavy (non-hydrogen) atoms. The number of morpholine rings is 1. The maximum atomic E-state index is 15.3. The van der Waals surface area contributed by atoms with Crippen LogP contribution in [0.1, 0.15) is 19.3 Å². The second kappa shape index (κ2) is 14.8. The summed E-state index contributed by atoms with van der Waals surface area (Å²) in [6.45, 7) is 8.99. The molecule has 0 radical (unpaired) electrons. The first-order valence-corrected chi connectivity index (χ1v) is 16.3. The number of methoxy groups -OCH3 is 1. The Bertz CT molecular complexity index is 1720. The summed E-state index contributed by atoms with van der Waals surface area (Å²) in [5.74, 6) is -0.0109. The van der Waals surface area contributed by atoms with E-state index in [4.69, 9.17) is 18.9 Å². The lowest BCUT2D eigenvalue weighted by molar-refractivity contribution is -0.131. The third-order valence-corrected chi connectivity index (χ3v) is 9.22. The minimum Gasteiger partial charge on any atom is -0.493 e. The largest absolute Gasteiger partial charge is 0.493 e. The van der Waals surface area contributed by atoms with Crippen LogP contribution >= 0.6 is 0 Å². The quantitative estimate of drug-likeness (QED) is 0.210. The number of hydrogen-bond acceptors (Lipinski definition) is 8. The van der Waals surface area contributed by atoms with E-state index in [1.165, 1.54) is 42.5 Å². The van der Waals surface area contributed by atoms with Crippen molar-refractivity contribution in [2.45, 2.75) is 19.3 Å². The Labute approximate surface area is 284 Å². The van der Waals surface area contributed by atoms with E-state index < -0.39 is 28.9 Å². The number of anilines is 2. The zero-order chi connectivity index (χ0) is 34.5. The van der Waals surface area contributed by atoms with E-state index in [9.17, 15) is 14.0 Å². The highest BCUT2D eigenvalue weighted by atomic mass is 19.1. The fourth-order valence-corrected chi connectivity index (χ4v) is 5.96. The minimum atomic E-state index is -1.29. The number of halogens is 2. The molecule has 2 amide bonds. The molecule has 0 bridgehead atoms. The predicted molar refractivity (Wildman–Crippen MR) is 181 cm³/mol. The Kier molecular flexibility index (Phi) is 10.3. The molecular weight excluding hydrogens is 634 g/mol. The van der Waals surface area contributed by atoms with E-state index in [-0.39, 0.29) is 17.2 Å². The summed E-state index contributed by atoms with van der Waals surface area (Å²) in [7, 11) is 3.19. The lowest BCUT2D eigenvalue weighted by Crippen LogP contribution is -2.37. The molecule has 2 N–H and O–H groups in total. The van der Waals surface area contributed by atoms with Crippen LogP contribution in [0.25, 0.3) is 0 Å². The van der Waals surface area contributed by atoms with Gasteiger partial charge >= 0.3 is 0 Å². The van der Waals surface area contributed by atoms with Gasteiger partial charge in [0, 0.05) is 55.8 Å². The Balaban J connectivity index is 1.08. The Morgan fingerprint density at radius 1 is 1.02 bits per heavy atom. The van der Waals surface area contributed by atoms with Gasteiger partial charge in [0.15, 0.2) is 23.1 Å². The van der Waals surface area contributed by atoms with E-state index >= 15 is 4.39 Å². The molecule has 1 aliphatic heterocycles. The van der Waals surface area contributed by atoms with Crippen molar-refractivity contribution in [3.8, 4) is 5.75 Å². The minimum absolute atomic E-state index is 0.107. The van der Waals surface area contributed by atoms with Gasteiger partial charge in [-0.25, -0.2) is 8.78 Å². The third kappa shape index (κ3) is 7.92. The molecule has 0 spiro atoms. The van der Waals surface area contributed by atoms with Crippen molar-refractivity contribution in [1.82, 2.24) is 4.90 Å². The second-order valence-electron chi connectivity index (χ2n) is 12.5. The predicted octanol–water partition coefficient (Wildman–Crippen LogP) is 5.62. The van der Waals surface area contributed by atoms with Crippen molar-refractivity contribution in [3.63, 3.8) is 0 Å². The van der Waals surface area contributed by atoms with Gasteiger partial charge in [-0.05, 0) is 79.6 Å². The van der Waals surface area contributed by atoms with Crippen LogP contribution in [0.2, 0.25) is 0 Å². The normalized spacial score (nSPS) is 23.1. The first kappa shape index (κ1) is 34.1. The molecule has 258 valence electrons. The molecule has 3 fully saturated rings. The van der Waals surface area contributed by atoms with Crippen molar-refractivity contribution in [3.05, 3.63) is 102 Å². The highest BCUT2D eigenvalue weighted by molar-refractivity contribution is 6.17. The van der Waals surface area contributed by atoms with Crippen LogP contribution in [0.5, 0.6) is 5.75 Å².